The Kier molecular flexibility index (Phi) is 4.63. The largest absolute Gasteiger partial charge is 0.490 e. The SMILES string of the molecule is C[C@H]1CN(C(=O)c2ccccc2OC2CC2)CCN1C(=O)c1cscn1. The molecule has 1 atom stereocenters. The number of carbonyl (C=O) groups is 2. The van der Waals surface area contributed by atoms with Gasteiger partial charge in [0.05, 0.1) is 17.2 Å². The van der Waals surface area contributed by atoms with Gasteiger partial charge in [0.15, 0.2) is 0 Å². The third-order valence-electron chi connectivity index (χ3n) is 4.76. The minimum Gasteiger partial charge on any atom is -0.490 e. The number of carbonyl (C=O) groups excluding carboxylic acids is 2. The molecule has 0 radical (unpaired) electrons. The first-order valence-corrected chi connectivity index (χ1v) is 9.82. The van der Waals surface area contributed by atoms with Gasteiger partial charge in [-0.15, -0.1) is 11.3 Å². The van der Waals surface area contributed by atoms with E-state index in [4.69, 9.17) is 4.74 Å². The summed E-state index contributed by atoms with van der Waals surface area (Å²) in [5, 5.41) is 1.76. The maximum Gasteiger partial charge on any atom is 0.273 e. The van der Waals surface area contributed by atoms with Crippen molar-refractivity contribution in [2.45, 2.75) is 31.9 Å². The van der Waals surface area contributed by atoms with Gasteiger partial charge in [0.2, 0.25) is 0 Å². The highest BCUT2D eigenvalue weighted by atomic mass is 32.1. The maximum absolute atomic E-state index is 13.0. The number of benzene rings is 1. The Balaban J connectivity index is 1.45. The second-order valence-electron chi connectivity index (χ2n) is 6.79. The standard InChI is InChI=1S/C19H21N3O3S/c1-13-10-21(8-9-22(13)19(24)16-11-26-12-20-16)18(23)15-4-2-3-5-17(15)25-14-6-7-14/h2-5,11-14H,6-10H2,1H3/t13-/m0/s1. The zero-order valence-corrected chi connectivity index (χ0v) is 15.4. The molecule has 2 aromatic rings. The van der Waals surface area contributed by atoms with Gasteiger partial charge >= 0.3 is 0 Å². The maximum atomic E-state index is 13.0. The highest BCUT2D eigenvalue weighted by Crippen LogP contribution is 2.30. The van der Waals surface area contributed by atoms with E-state index < -0.39 is 0 Å². The highest BCUT2D eigenvalue weighted by molar-refractivity contribution is 7.07. The fourth-order valence-electron chi connectivity index (χ4n) is 3.19. The third kappa shape index (κ3) is 3.44. The van der Waals surface area contributed by atoms with E-state index in [2.05, 4.69) is 4.98 Å². The van der Waals surface area contributed by atoms with Crippen molar-refractivity contribution in [3.05, 3.63) is 46.4 Å². The lowest BCUT2D eigenvalue weighted by Gasteiger charge is -2.39. The van der Waals surface area contributed by atoms with Crippen molar-refractivity contribution in [2.75, 3.05) is 19.6 Å². The van der Waals surface area contributed by atoms with Crippen molar-refractivity contribution < 1.29 is 14.3 Å². The first-order chi connectivity index (χ1) is 12.6. The lowest BCUT2D eigenvalue weighted by molar-refractivity contribution is 0.0409. The van der Waals surface area contributed by atoms with E-state index in [-0.39, 0.29) is 24.0 Å². The Morgan fingerprint density at radius 3 is 2.69 bits per heavy atom. The number of para-hydroxylation sites is 1. The zero-order valence-electron chi connectivity index (χ0n) is 14.6. The van der Waals surface area contributed by atoms with Gasteiger partial charge in [-0.1, -0.05) is 12.1 Å². The molecule has 2 fully saturated rings. The average Bonchev–Trinajstić information content (AvgIpc) is 3.30. The van der Waals surface area contributed by atoms with E-state index in [1.807, 2.05) is 36.1 Å². The lowest BCUT2D eigenvalue weighted by Crippen LogP contribution is -2.55. The number of ether oxygens (including phenoxy) is 1. The number of aromatic nitrogens is 1. The average molecular weight is 371 g/mol. The molecule has 26 heavy (non-hydrogen) atoms. The lowest BCUT2D eigenvalue weighted by atomic mass is 10.1. The molecule has 0 spiro atoms. The molecular weight excluding hydrogens is 350 g/mol. The predicted octanol–water partition coefficient (Wildman–Crippen LogP) is 2.67. The molecule has 136 valence electrons. The van der Waals surface area contributed by atoms with E-state index >= 15 is 0 Å². The van der Waals surface area contributed by atoms with Crippen LogP contribution in [-0.4, -0.2) is 58.4 Å². The molecule has 4 rings (SSSR count). The normalized spacial score (nSPS) is 20.1. The van der Waals surface area contributed by atoms with Gasteiger partial charge in [0.1, 0.15) is 11.4 Å². The van der Waals surface area contributed by atoms with Crippen molar-refractivity contribution in [1.29, 1.82) is 0 Å². The molecule has 2 aliphatic rings. The van der Waals surface area contributed by atoms with Crippen LogP contribution in [-0.2, 0) is 0 Å². The molecule has 1 aromatic heterocycles. The monoisotopic (exact) mass is 371 g/mol. The van der Waals surface area contributed by atoms with Crippen LogP contribution in [0.25, 0.3) is 0 Å². The van der Waals surface area contributed by atoms with Crippen LogP contribution in [0.2, 0.25) is 0 Å². The van der Waals surface area contributed by atoms with Gasteiger partial charge in [-0.05, 0) is 31.9 Å². The van der Waals surface area contributed by atoms with Crippen LogP contribution in [0.3, 0.4) is 0 Å². The highest BCUT2D eigenvalue weighted by Gasteiger charge is 2.33. The van der Waals surface area contributed by atoms with Crippen molar-refractivity contribution in [3.63, 3.8) is 0 Å². The Morgan fingerprint density at radius 1 is 1.19 bits per heavy atom. The summed E-state index contributed by atoms with van der Waals surface area (Å²) in [5.74, 6) is 0.561. The quantitative estimate of drug-likeness (QED) is 0.829. The molecule has 0 N–H and O–H groups in total. The minimum absolute atomic E-state index is 0.0335. The summed E-state index contributed by atoms with van der Waals surface area (Å²) >= 11 is 1.41. The van der Waals surface area contributed by atoms with E-state index in [0.717, 1.165) is 12.8 Å². The van der Waals surface area contributed by atoms with Crippen LogP contribution in [0, 0.1) is 0 Å². The van der Waals surface area contributed by atoms with Crippen molar-refractivity contribution in [2.24, 2.45) is 0 Å². The van der Waals surface area contributed by atoms with Crippen molar-refractivity contribution >= 4 is 23.2 Å². The Bertz CT molecular complexity index is 804. The topological polar surface area (TPSA) is 62.7 Å². The number of nitrogens with zero attached hydrogens (tertiary/aromatic N) is 3. The summed E-state index contributed by atoms with van der Waals surface area (Å²) in [6.45, 7) is 3.49. The Labute approximate surface area is 156 Å². The summed E-state index contributed by atoms with van der Waals surface area (Å²) in [6.07, 6.45) is 2.35. The Morgan fingerprint density at radius 2 is 2.00 bits per heavy atom. The van der Waals surface area contributed by atoms with E-state index in [0.29, 0.717) is 36.6 Å². The molecule has 1 saturated heterocycles. The fourth-order valence-corrected chi connectivity index (χ4v) is 3.72. The summed E-state index contributed by atoms with van der Waals surface area (Å²) in [6, 6.07) is 7.37. The predicted molar refractivity (Wildman–Crippen MR) is 98.6 cm³/mol. The Hall–Kier alpha value is -2.41. The number of hydrogen-bond donors (Lipinski definition) is 0. The summed E-state index contributed by atoms with van der Waals surface area (Å²) in [5.41, 5.74) is 2.74. The second-order valence-corrected chi connectivity index (χ2v) is 7.50. The molecule has 1 aliphatic heterocycles. The van der Waals surface area contributed by atoms with Gasteiger partial charge in [0.25, 0.3) is 11.8 Å². The summed E-state index contributed by atoms with van der Waals surface area (Å²) in [7, 11) is 0. The molecule has 1 aromatic carbocycles. The second kappa shape index (κ2) is 7.07. The molecule has 1 aliphatic carbocycles. The molecule has 0 bridgehead atoms. The van der Waals surface area contributed by atoms with Crippen molar-refractivity contribution in [3.8, 4) is 5.75 Å². The number of amides is 2. The van der Waals surface area contributed by atoms with Gasteiger partial charge < -0.3 is 14.5 Å². The smallest absolute Gasteiger partial charge is 0.273 e. The molecule has 1 saturated carbocycles. The fraction of sp³-hybridized carbons (Fsp3) is 0.421. The van der Waals surface area contributed by atoms with Gasteiger partial charge in [-0.3, -0.25) is 9.59 Å². The molecule has 0 unspecified atom stereocenters. The molecule has 7 heteroatoms. The minimum atomic E-state index is -0.0664. The third-order valence-corrected chi connectivity index (χ3v) is 5.35. The molecular formula is C19H21N3O3S. The van der Waals surface area contributed by atoms with Crippen LogP contribution in [0.1, 0.15) is 40.6 Å². The first-order valence-electron chi connectivity index (χ1n) is 8.87. The molecule has 2 heterocycles. The van der Waals surface area contributed by atoms with Crippen LogP contribution in [0.15, 0.2) is 35.2 Å². The van der Waals surface area contributed by atoms with Crippen molar-refractivity contribution in [1.82, 2.24) is 14.8 Å². The number of piperazine rings is 1. The van der Waals surface area contributed by atoms with Crippen LogP contribution >= 0.6 is 11.3 Å². The zero-order chi connectivity index (χ0) is 18.1. The number of thiazole rings is 1. The molecule has 6 nitrogen and oxygen atoms in total. The van der Waals surface area contributed by atoms with Gasteiger partial charge in [0, 0.05) is 31.1 Å². The van der Waals surface area contributed by atoms with E-state index in [1.165, 1.54) is 11.3 Å². The molecule has 2 amide bonds. The van der Waals surface area contributed by atoms with Crippen LogP contribution in [0.5, 0.6) is 5.75 Å². The van der Waals surface area contributed by atoms with E-state index in [9.17, 15) is 9.59 Å². The van der Waals surface area contributed by atoms with Gasteiger partial charge in [-0.25, -0.2) is 4.98 Å². The number of rotatable bonds is 4. The summed E-state index contributed by atoms with van der Waals surface area (Å²) in [4.78, 5) is 33.3. The van der Waals surface area contributed by atoms with E-state index in [1.54, 1.807) is 15.8 Å². The first kappa shape index (κ1) is 17.0. The number of hydrogen-bond acceptors (Lipinski definition) is 5. The van der Waals surface area contributed by atoms with Crippen LogP contribution < -0.4 is 4.74 Å². The summed E-state index contributed by atoms with van der Waals surface area (Å²) < 4.78 is 5.88. The van der Waals surface area contributed by atoms with Crippen LogP contribution in [0.4, 0.5) is 0 Å². The van der Waals surface area contributed by atoms with Gasteiger partial charge in [-0.2, -0.15) is 0 Å².